The van der Waals surface area contributed by atoms with E-state index in [0.29, 0.717) is 22.9 Å². The van der Waals surface area contributed by atoms with Crippen LogP contribution in [0.4, 0.5) is 20.4 Å². The van der Waals surface area contributed by atoms with Crippen molar-refractivity contribution in [2.75, 3.05) is 5.32 Å². The van der Waals surface area contributed by atoms with Crippen molar-refractivity contribution in [2.45, 2.75) is 31.7 Å². The van der Waals surface area contributed by atoms with E-state index in [-0.39, 0.29) is 11.7 Å². The number of nitrogens with zero attached hydrogens (tertiary/aromatic N) is 4. The van der Waals surface area contributed by atoms with Gasteiger partial charge in [-0.05, 0) is 31.1 Å². The fourth-order valence-corrected chi connectivity index (χ4v) is 3.32. The molecule has 0 atom stereocenters. The van der Waals surface area contributed by atoms with Crippen LogP contribution in [0.15, 0.2) is 31.0 Å². The number of benzene rings is 1. The second kappa shape index (κ2) is 6.23. The highest BCUT2D eigenvalue weighted by Gasteiger charge is 2.24. The van der Waals surface area contributed by atoms with Crippen LogP contribution in [0.3, 0.4) is 0 Å². The first-order chi connectivity index (χ1) is 12.2. The molecule has 2 aromatic heterocycles. The molecule has 25 heavy (non-hydrogen) atoms. The topological polar surface area (TPSA) is 55.6 Å². The van der Waals surface area contributed by atoms with Gasteiger partial charge < -0.3 is 5.32 Å². The summed E-state index contributed by atoms with van der Waals surface area (Å²) in [5, 5.41) is 2.93. The lowest BCUT2D eigenvalue weighted by Gasteiger charge is -2.16. The van der Waals surface area contributed by atoms with Crippen LogP contribution < -0.4 is 5.32 Å². The summed E-state index contributed by atoms with van der Waals surface area (Å²) in [6.45, 7) is 3.70. The van der Waals surface area contributed by atoms with E-state index in [1.807, 2.05) is 4.57 Å². The summed E-state index contributed by atoms with van der Waals surface area (Å²) < 4.78 is 29.5. The second-order valence-corrected chi connectivity index (χ2v) is 6.11. The maximum atomic E-state index is 14.1. The molecule has 7 heteroatoms. The van der Waals surface area contributed by atoms with E-state index in [1.165, 1.54) is 12.1 Å². The van der Waals surface area contributed by atoms with E-state index in [0.717, 1.165) is 31.7 Å². The normalized spacial score (nSPS) is 15.0. The van der Waals surface area contributed by atoms with E-state index < -0.39 is 11.6 Å². The summed E-state index contributed by atoms with van der Waals surface area (Å²) in [6.07, 6.45) is 7.44. The fraction of sp³-hybridized carbons (Fsp3) is 0.278. The van der Waals surface area contributed by atoms with Gasteiger partial charge in [0.25, 0.3) is 0 Å². The highest BCUT2D eigenvalue weighted by Crippen LogP contribution is 2.35. The van der Waals surface area contributed by atoms with E-state index in [2.05, 4.69) is 26.8 Å². The molecule has 0 saturated heterocycles. The lowest BCUT2D eigenvalue weighted by atomic mass is 10.2. The summed E-state index contributed by atoms with van der Waals surface area (Å²) >= 11 is 0. The molecule has 3 aromatic rings. The van der Waals surface area contributed by atoms with Gasteiger partial charge in [0, 0.05) is 6.04 Å². The molecule has 0 unspecified atom stereocenters. The average Bonchev–Trinajstić information content (AvgIpc) is 3.25. The minimum absolute atomic E-state index is 0.0476. The van der Waals surface area contributed by atoms with Crippen molar-refractivity contribution in [1.29, 1.82) is 0 Å². The van der Waals surface area contributed by atoms with Gasteiger partial charge in [-0.25, -0.2) is 23.7 Å². The summed E-state index contributed by atoms with van der Waals surface area (Å²) in [6, 6.07) is 4.25. The van der Waals surface area contributed by atoms with Gasteiger partial charge in [0.2, 0.25) is 5.95 Å². The molecule has 1 aliphatic rings. The van der Waals surface area contributed by atoms with Crippen LogP contribution in [-0.2, 0) is 0 Å². The number of hydrogen-bond donors (Lipinski definition) is 1. The maximum Gasteiger partial charge on any atom is 0.210 e. The standard InChI is InChI=1S/C18H17F2N5/c1-2-15-21-10-14-17(24-15)25(11-6-3-4-7-11)18(23-14)22-13-9-5-8-12(19)16(13)20/h2,5,8-11H,1,3-4,6-7H2,(H,22,23). The Morgan fingerprint density at radius 3 is 2.76 bits per heavy atom. The number of anilines is 2. The maximum absolute atomic E-state index is 14.1. The highest BCUT2D eigenvalue weighted by molar-refractivity contribution is 5.76. The van der Waals surface area contributed by atoms with Crippen LogP contribution in [0.1, 0.15) is 37.5 Å². The Morgan fingerprint density at radius 2 is 2.00 bits per heavy atom. The molecule has 0 amide bonds. The molecule has 0 bridgehead atoms. The molecule has 0 radical (unpaired) electrons. The van der Waals surface area contributed by atoms with Crippen molar-refractivity contribution in [1.82, 2.24) is 19.5 Å². The number of aromatic nitrogens is 4. The third kappa shape index (κ3) is 2.75. The zero-order valence-corrected chi connectivity index (χ0v) is 13.5. The van der Waals surface area contributed by atoms with Crippen LogP contribution in [0, 0.1) is 11.6 Å². The molecule has 1 aromatic carbocycles. The molecule has 1 fully saturated rings. The minimum atomic E-state index is -0.926. The van der Waals surface area contributed by atoms with Crippen molar-refractivity contribution in [3.8, 4) is 0 Å². The third-order valence-electron chi connectivity index (χ3n) is 4.52. The molecule has 5 nitrogen and oxygen atoms in total. The van der Waals surface area contributed by atoms with Gasteiger partial charge in [-0.3, -0.25) is 4.57 Å². The number of hydrogen-bond acceptors (Lipinski definition) is 4. The zero-order valence-electron chi connectivity index (χ0n) is 13.5. The Kier molecular flexibility index (Phi) is 3.91. The van der Waals surface area contributed by atoms with Gasteiger partial charge in [0.1, 0.15) is 5.52 Å². The molecule has 4 rings (SSSR count). The molecule has 1 aliphatic carbocycles. The van der Waals surface area contributed by atoms with Crippen LogP contribution >= 0.6 is 0 Å². The minimum Gasteiger partial charge on any atom is -0.323 e. The Labute approximate surface area is 143 Å². The molecule has 2 heterocycles. The van der Waals surface area contributed by atoms with Crippen molar-refractivity contribution in [3.05, 3.63) is 48.4 Å². The van der Waals surface area contributed by atoms with Gasteiger partial charge in [0.05, 0.1) is 11.9 Å². The van der Waals surface area contributed by atoms with Gasteiger partial charge >= 0.3 is 0 Å². The Bertz CT molecular complexity index is 944. The molecule has 0 spiro atoms. The van der Waals surface area contributed by atoms with E-state index in [4.69, 9.17) is 0 Å². The zero-order chi connectivity index (χ0) is 17.4. The van der Waals surface area contributed by atoms with Gasteiger partial charge in [0.15, 0.2) is 23.1 Å². The van der Waals surface area contributed by atoms with Gasteiger partial charge in [-0.1, -0.05) is 25.5 Å². The Balaban J connectivity index is 1.85. The Morgan fingerprint density at radius 1 is 1.20 bits per heavy atom. The van der Waals surface area contributed by atoms with Crippen molar-refractivity contribution < 1.29 is 8.78 Å². The lowest BCUT2D eigenvalue weighted by molar-refractivity contribution is 0.510. The largest absolute Gasteiger partial charge is 0.323 e. The number of fused-ring (bicyclic) bond motifs is 1. The molecule has 0 aliphatic heterocycles. The molecule has 1 saturated carbocycles. The molecule has 128 valence electrons. The summed E-state index contributed by atoms with van der Waals surface area (Å²) in [5.41, 5.74) is 1.33. The average molecular weight is 341 g/mol. The first-order valence-electron chi connectivity index (χ1n) is 8.26. The van der Waals surface area contributed by atoms with Crippen LogP contribution in [-0.4, -0.2) is 19.5 Å². The van der Waals surface area contributed by atoms with E-state index in [1.54, 1.807) is 12.3 Å². The van der Waals surface area contributed by atoms with E-state index >= 15 is 0 Å². The number of rotatable bonds is 4. The third-order valence-corrected chi connectivity index (χ3v) is 4.52. The van der Waals surface area contributed by atoms with Crippen LogP contribution in [0.5, 0.6) is 0 Å². The summed E-state index contributed by atoms with van der Waals surface area (Å²) in [7, 11) is 0. The first-order valence-corrected chi connectivity index (χ1v) is 8.26. The van der Waals surface area contributed by atoms with Crippen LogP contribution in [0.25, 0.3) is 17.2 Å². The fourth-order valence-electron chi connectivity index (χ4n) is 3.32. The summed E-state index contributed by atoms with van der Waals surface area (Å²) in [5.74, 6) is -0.871. The summed E-state index contributed by atoms with van der Waals surface area (Å²) in [4.78, 5) is 13.2. The molecular weight excluding hydrogens is 324 g/mol. The van der Waals surface area contributed by atoms with Crippen molar-refractivity contribution in [3.63, 3.8) is 0 Å². The van der Waals surface area contributed by atoms with Gasteiger partial charge in [-0.15, -0.1) is 0 Å². The highest BCUT2D eigenvalue weighted by atomic mass is 19.2. The van der Waals surface area contributed by atoms with Crippen molar-refractivity contribution in [2.24, 2.45) is 0 Å². The number of nitrogens with one attached hydrogen (secondary N) is 1. The van der Waals surface area contributed by atoms with Crippen LogP contribution in [0.2, 0.25) is 0 Å². The smallest absolute Gasteiger partial charge is 0.210 e. The van der Waals surface area contributed by atoms with Gasteiger partial charge in [-0.2, -0.15) is 0 Å². The predicted octanol–water partition coefficient (Wildman–Crippen LogP) is 4.61. The Hall–Kier alpha value is -2.83. The first kappa shape index (κ1) is 15.7. The quantitative estimate of drug-likeness (QED) is 0.753. The molecule has 1 N–H and O–H groups in total. The monoisotopic (exact) mass is 341 g/mol. The SMILES string of the molecule is C=Cc1ncc2nc(Nc3cccc(F)c3F)n(C3CCCC3)c2n1. The molecular formula is C18H17F2N5. The lowest BCUT2D eigenvalue weighted by Crippen LogP contribution is -2.10. The van der Waals surface area contributed by atoms with E-state index in [9.17, 15) is 8.78 Å². The predicted molar refractivity (Wildman–Crippen MR) is 92.6 cm³/mol. The van der Waals surface area contributed by atoms with Crippen molar-refractivity contribution >= 4 is 28.9 Å². The number of imidazole rings is 1. The number of halogens is 2. The second-order valence-electron chi connectivity index (χ2n) is 6.11.